The molecule has 0 amide bonds. The van der Waals surface area contributed by atoms with Crippen molar-refractivity contribution in [2.45, 2.75) is 32.1 Å². The molecule has 1 atom stereocenters. The molecule has 2 rings (SSSR count). The summed E-state index contributed by atoms with van der Waals surface area (Å²) < 4.78 is 26.7. The average Bonchev–Trinajstić information content (AvgIpc) is 2.30. The van der Waals surface area contributed by atoms with Gasteiger partial charge in [-0.1, -0.05) is 37.0 Å². The Bertz CT molecular complexity index is 615. The minimum absolute atomic E-state index is 0. The van der Waals surface area contributed by atoms with Crippen molar-refractivity contribution in [3.05, 3.63) is 33.8 Å². The van der Waals surface area contributed by atoms with Crippen LogP contribution in [0.1, 0.15) is 25.8 Å². The molecule has 8 heteroatoms. The summed E-state index contributed by atoms with van der Waals surface area (Å²) in [7, 11) is -3.40. The molecule has 1 aromatic carbocycles. The first-order valence-corrected chi connectivity index (χ1v) is 9.15. The van der Waals surface area contributed by atoms with E-state index in [1.54, 1.807) is 18.2 Å². The third kappa shape index (κ3) is 4.73. The predicted molar refractivity (Wildman–Crippen MR) is 94.3 cm³/mol. The molecule has 2 N–H and O–H groups in total. The van der Waals surface area contributed by atoms with Crippen LogP contribution in [-0.2, 0) is 15.8 Å². The molecule has 1 aliphatic heterocycles. The molecular formula is C14H21Cl3N2O2S. The Morgan fingerprint density at radius 3 is 2.32 bits per heavy atom. The van der Waals surface area contributed by atoms with E-state index in [-0.39, 0.29) is 29.6 Å². The number of hydrogen-bond acceptors (Lipinski definition) is 3. The lowest BCUT2D eigenvalue weighted by atomic mass is 9.81. The van der Waals surface area contributed by atoms with Gasteiger partial charge in [-0.05, 0) is 35.6 Å². The van der Waals surface area contributed by atoms with Crippen LogP contribution in [-0.4, -0.2) is 31.9 Å². The summed E-state index contributed by atoms with van der Waals surface area (Å²) in [5, 5.41) is 0.877. The molecule has 0 saturated carbocycles. The van der Waals surface area contributed by atoms with Crippen LogP contribution in [0.5, 0.6) is 0 Å². The molecule has 0 radical (unpaired) electrons. The van der Waals surface area contributed by atoms with Gasteiger partial charge in [0.15, 0.2) is 0 Å². The molecule has 22 heavy (non-hydrogen) atoms. The van der Waals surface area contributed by atoms with Crippen molar-refractivity contribution in [3.63, 3.8) is 0 Å². The summed E-state index contributed by atoms with van der Waals surface area (Å²) in [5.41, 5.74) is 6.43. The number of hydrogen-bond donors (Lipinski definition) is 1. The molecule has 0 bridgehead atoms. The van der Waals surface area contributed by atoms with E-state index in [0.717, 1.165) is 0 Å². The van der Waals surface area contributed by atoms with Crippen LogP contribution in [0.4, 0.5) is 0 Å². The Kier molecular flexibility index (Phi) is 6.58. The predicted octanol–water partition coefficient (Wildman–Crippen LogP) is 3.30. The normalized spacial score (nSPS) is 22.1. The molecule has 0 aromatic heterocycles. The van der Waals surface area contributed by atoms with Crippen LogP contribution < -0.4 is 5.73 Å². The van der Waals surface area contributed by atoms with Crippen LogP contribution in [0.15, 0.2) is 18.2 Å². The van der Waals surface area contributed by atoms with Gasteiger partial charge in [0.2, 0.25) is 10.0 Å². The molecule has 1 fully saturated rings. The molecule has 0 spiro atoms. The molecule has 1 heterocycles. The largest absolute Gasteiger partial charge is 0.327 e. The smallest absolute Gasteiger partial charge is 0.218 e. The van der Waals surface area contributed by atoms with E-state index in [2.05, 4.69) is 0 Å². The van der Waals surface area contributed by atoms with Crippen molar-refractivity contribution in [1.29, 1.82) is 0 Å². The number of sulfonamides is 1. The molecule has 1 unspecified atom stereocenters. The second-order valence-corrected chi connectivity index (χ2v) is 9.09. The van der Waals surface area contributed by atoms with E-state index in [1.807, 2.05) is 13.8 Å². The lowest BCUT2D eigenvalue weighted by molar-refractivity contribution is 0.155. The van der Waals surface area contributed by atoms with Crippen molar-refractivity contribution < 1.29 is 8.42 Å². The molecule has 126 valence electrons. The van der Waals surface area contributed by atoms with Crippen molar-refractivity contribution in [2.75, 3.05) is 13.1 Å². The highest BCUT2D eigenvalue weighted by atomic mass is 35.5. The highest BCUT2D eigenvalue weighted by molar-refractivity contribution is 7.88. The van der Waals surface area contributed by atoms with Crippen LogP contribution in [0.2, 0.25) is 10.0 Å². The zero-order valence-corrected chi connectivity index (χ0v) is 15.7. The fourth-order valence-electron chi connectivity index (χ4n) is 2.56. The van der Waals surface area contributed by atoms with Gasteiger partial charge in [-0.15, -0.1) is 12.4 Å². The van der Waals surface area contributed by atoms with E-state index < -0.39 is 10.0 Å². The van der Waals surface area contributed by atoms with Crippen molar-refractivity contribution in [1.82, 2.24) is 4.31 Å². The highest BCUT2D eigenvalue weighted by Gasteiger charge is 2.38. The van der Waals surface area contributed by atoms with Crippen LogP contribution in [0.3, 0.4) is 0 Å². The van der Waals surface area contributed by atoms with Crippen molar-refractivity contribution in [3.8, 4) is 0 Å². The number of halogens is 3. The molecular weight excluding hydrogens is 367 g/mol. The Balaban J connectivity index is 0.00000242. The molecule has 1 aliphatic rings. The van der Waals surface area contributed by atoms with Crippen LogP contribution >= 0.6 is 35.6 Å². The lowest BCUT2D eigenvalue weighted by Gasteiger charge is -2.41. The molecule has 1 aromatic rings. The van der Waals surface area contributed by atoms with Gasteiger partial charge in [0.25, 0.3) is 0 Å². The van der Waals surface area contributed by atoms with E-state index in [0.29, 0.717) is 35.1 Å². The van der Waals surface area contributed by atoms with Gasteiger partial charge >= 0.3 is 0 Å². The van der Waals surface area contributed by atoms with Crippen molar-refractivity contribution >= 4 is 45.6 Å². The quantitative estimate of drug-likeness (QED) is 0.865. The summed E-state index contributed by atoms with van der Waals surface area (Å²) in [6.07, 6.45) is 0.669. The third-order valence-electron chi connectivity index (χ3n) is 3.94. The summed E-state index contributed by atoms with van der Waals surface area (Å²) in [6, 6.07) is 4.87. The molecule has 0 aliphatic carbocycles. The SMILES string of the molecule is CC1(C)CN(S(=O)(=O)Cc2cc(Cl)cc(Cl)c2)CCC1N.Cl. The number of nitrogens with two attached hydrogens (primary N) is 1. The summed E-state index contributed by atoms with van der Waals surface area (Å²) >= 11 is 11.8. The van der Waals surface area contributed by atoms with Gasteiger partial charge in [0.05, 0.1) is 5.75 Å². The first kappa shape index (κ1) is 20.0. The van der Waals surface area contributed by atoms with E-state index in [9.17, 15) is 8.42 Å². The van der Waals surface area contributed by atoms with Gasteiger partial charge < -0.3 is 5.73 Å². The maximum atomic E-state index is 12.6. The minimum atomic E-state index is -3.40. The Morgan fingerprint density at radius 1 is 1.27 bits per heavy atom. The third-order valence-corrected chi connectivity index (χ3v) is 6.17. The topological polar surface area (TPSA) is 63.4 Å². The number of benzene rings is 1. The monoisotopic (exact) mass is 386 g/mol. The Labute approximate surface area is 148 Å². The molecule has 4 nitrogen and oxygen atoms in total. The maximum Gasteiger partial charge on any atom is 0.218 e. The Hall–Kier alpha value is -0.0400. The van der Waals surface area contributed by atoms with E-state index in [4.69, 9.17) is 28.9 Å². The number of rotatable bonds is 3. The lowest BCUT2D eigenvalue weighted by Crippen LogP contribution is -2.54. The van der Waals surface area contributed by atoms with Gasteiger partial charge in [-0.25, -0.2) is 12.7 Å². The summed E-state index contributed by atoms with van der Waals surface area (Å²) in [6.45, 7) is 4.89. The first-order chi connectivity index (χ1) is 9.60. The fraction of sp³-hybridized carbons (Fsp3) is 0.571. The number of nitrogens with zero attached hydrogens (tertiary/aromatic N) is 1. The first-order valence-electron chi connectivity index (χ1n) is 6.78. The van der Waals surface area contributed by atoms with E-state index >= 15 is 0 Å². The summed E-state index contributed by atoms with van der Waals surface area (Å²) in [4.78, 5) is 0. The second kappa shape index (κ2) is 7.24. The fourth-order valence-corrected chi connectivity index (χ4v) is 4.81. The van der Waals surface area contributed by atoms with Gasteiger partial charge in [0.1, 0.15) is 0 Å². The maximum absolute atomic E-state index is 12.6. The van der Waals surface area contributed by atoms with Gasteiger partial charge in [0, 0.05) is 29.2 Å². The zero-order chi connectivity index (χ0) is 15.8. The van der Waals surface area contributed by atoms with Gasteiger partial charge in [-0.2, -0.15) is 0 Å². The Morgan fingerprint density at radius 2 is 1.82 bits per heavy atom. The standard InChI is InChI=1S/C14H20Cl2N2O2S.ClH/c1-14(2)9-18(4-3-13(14)17)21(19,20)8-10-5-11(15)7-12(16)6-10;/h5-7,13H,3-4,8-9,17H2,1-2H3;1H. The van der Waals surface area contributed by atoms with Gasteiger partial charge in [-0.3, -0.25) is 0 Å². The molecule has 1 saturated heterocycles. The second-order valence-electron chi connectivity index (χ2n) is 6.25. The average molecular weight is 388 g/mol. The highest BCUT2D eigenvalue weighted by Crippen LogP contribution is 2.30. The summed E-state index contributed by atoms with van der Waals surface area (Å²) in [5.74, 6) is -0.0986. The zero-order valence-electron chi connectivity index (χ0n) is 12.6. The number of piperidine rings is 1. The minimum Gasteiger partial charge on any atom is -0.327 e. The van der Waals surface area contributed by atoms with Crippen LogP contribution in [0, 0.1) is 5.41 Å². The van der Waals surface area contributed by atoms with E-state index in [1.165, 1.54) is 4.31 Å². The van der Waals surface area contributed by atoms with Crippen LogP contribution in [0.25, 0.3) is 0 Å². The van der Waals surface area contributed by atoms with Crippen molar-refractivity contribution in [2.24, 2.45) is 11.1 Å².